The van der Waals surface area contributed by atoms with Crippen molar-refractivity contribution in [1.29, 1.82) is 0 Å². The lowest BCUT2D eigenvalue weighted by atomic mass is 10.2. The van der Waals surface area contributed by atoms with Crippen LogP contribution in [0.2, 0.25) is 0 Å². The van der Waals surface area contributed by atoms with Crippen LogP contribution in [0.4, 0.5) is 17.1 Å². The Morgan fingerprint density at radius 2 is 1.54 bits per heavy atom. The predicted octanol–water partition coefficient (Wildman–Crippen LogP) is 4.57. The third-order valence-electron chi connectivity index (χ3n) is 6.29. The van der Waals surface area contributed by atoms with Gasteiger partial charge in [0.25, 0.3) is 5.91 Å². The molecule has 35 heavy (non-hydrogen) atoms. The molecule has 1 unspecified atom stereocenters. The highest BCUT2D eigenvalue weighted by atomic mass is 32.2. The maximum Gasteiger partial charge on any atom is 0.258 e. The fourth-order valence-electron chi connectivity index (χ4n) is 4.38. The van der Waals surface area contributed by atoms with E-state index in [-0.39, 0.29) is 5.91 Å². The topological polar surface area (TPSA) is 76.4 Å². The second-order valence-electron chi connectivity index (χ2n) is 8.47. The van der Waals surface area contributed by atoms with E-state index in [1.54, 1.807) is 16.7 Å². The average molecular weight is 485 g/mol. The Kier molecular flexibility index (Phi) is 5.71. The van der Waals surface area contributed by atoms with Gasteiger partial charge in [0.05, 0.1) is 24.6 Å². The van der Waals surface area contributed by atoms with Crippen molar-refractivity contribution in [2.24, 2.45) is 0 Å². The minimum Gasteiger partial charge on any atom is -0.378 e. The number of para-hydroxylation sites is 2. The predicted molar refractivity (Wildman–Crippen MR) is 135 cm³/mol. The highest BCUT2D eigenvalue weighted by Gasteiger charge is 2.32. The molecule has 3 heterocycles. The summed E-state index contributed by atoms with van der Waals surface area (Å²) < 4.78 is 5.44. The van der Waals surface area contributed by atoms with E-state index in [1.807, 2.05) is 67.6 Å². The van der Waals surface area contributed by atoms with E-state index in [9.17, 15) is 4.79 Å². The van der Waals surface area contributed by atoms with Gasteiger partial charge in [0.15, 0.2) is 0 Å². The summed E-state index contributed by atoms with van der Waals surface area (Å²) >= 11 is 1.67. The first-order valence-corrected chi connectivity index (χ1v) is 12.4. The van der Waals surface area contributed by atoms with Crippen molar-refractivity contribution in [2.45, 2.75) is 22.8 Å². The summed E-state index contributed by atoms with van der Waals surface area (Å²) in [5, 5.41) is 13.0. The standard InChI is InChI=1S/C26H24N6O2S/c1-18(26(33)31-21-6-2-4-8-23(21)35-24-9-5-3-7-22(24)31)32-28-25(27-29-32)19-10-12-20(13-11-19)30-14-16-34-17-15-30/h2-13,18H,14-17H2,1H3. The summed E-state index contributed by atoms with van der Waals surface area (Å²) in [6.07, 6.45) is 0. The second kappa shape index (κ2) is 9.16. The number of benzene rings is 3. The van der Waals surface area contributed by atoms with Crippen LogP contribution in [0, 0.1) is 0 Å². The van der Waals surface area contributed by atoms with Crippen LogP contribution in [-0.2, 0) is 9.53 Å². The highest BCUT2D eigenvalue weighted by molar-refractivity contribution is 7.99. The zero-order valence-electron chi connectivity index (χ0n) is 19.2. The fourth-order valence-corrected chi connectivity index (χ4v) is 5.43. The van der Waals surface area contributed by atoms with Gasteiger partial charge in [-0.1, -0.05) is 36.0 Å². The van der Waals surface area contributed by atoms with Crippen LogP contribution in [0.15, 0.2) is 82.6 Å². The monoisotopic (exact) mass is 484 g/mol. The molecule has 6 rings (SSSR count). The number of amides is 1. The number of fused-ring (bicyclic) bond motifs is 2. The molecular formula is C26H24N6O2S. The number of rotatable bonds is 4. The molecule has 9 heteroatoms. The lowest BCUT2D eigenvalue weighted by molar-refractivity contribution is -0.121. The van der Waals surface area contributed by atoms with E-state index in [0.29, 0.717) is 5.82 Å². The van der Waals surface area contributed by atoms with Gasteiger partial charge in [-0.05, 0) is 60.7 Å². The number of nitrogens with zero attached hydrogens (tertiary/aromatic N) is 6. The molecule has 1 fully saturated rings. The first-order chi connectivity index (χ1) is 17.2. The molecule has 0 spiro atoms. The quantitative estimate of drug-likeness (QED) is 0.420. The van der Waals surface area contributed by atoms with Crippen molar-refractivity contribution < 1.29 is 9.53 Å². The summed E-state index contributed by atoms with van der Waals surface area (Å²) in [5.41, 5.74) is 3.74. The fraction of sp³-hybridized carbons (Fsp3) is 0.231. The molecular weight excluding hydrogens is 460 g/mol. The van der Waals surface area contributed by atoms with E-state index in [4.69, 9.17) is 4.74 Å². The summed E-state index contributed by atoms with van der Waals surface area (Å²) in [5.74, 6) is 0.380. The third kappa shape index (κ3) is 4.06. The molecule has 2 aliphatic heterocycles. The number of aromatic nitrogens is 4. The summed E-state index contributed by atoms with van der Waals surface area (Å²) in [6.45, 7) is 5.06. The van der Waals surface area contributed by atoms with Crippen LogP contribution < -0.4 is 9.80 Å². The maximum atomic E-state index is 13.8. The van der Waals surface area contributed by atoms with Crippen molar-refractivity contribution in [3.8, 4) is 11.4 Å². The van der Waals surface area contributed by atoms with Gasteiger partial charge >= 0.3 is 0 Å². The third-order valence-corrected chi connectivity index (χ3v) is 7.42. The minimum atomic E-state index is -0.631. The lowest BCUT2D eigenvalue weighted by Gasteiger charge is -2.32. The van der Waals surface area contributed by atoms with Crippen molar-refractivity contribution >= 4 is 34.7 Å². The SMILES string of the molecule is CC(C(=O)N1c2ccccc2Sc2ccccc21)n1nnc(-c2ccc(N3CCOCC3)cc2)n1. The van der Waals surface area contributed by atoms with Gasteiger partial charge in [0.1, 0.15) is 6.04 Å². The number of ether oxygens (including phenoxy) is 1. The normalized spacial score (nSPS) is 15.9. The molecule has 176 valence electrons. The molecule has 1 amide bonds. The Balaban J connectivity index is 1.26. The molecule has 1 aromatic heterocycles. The minimum absolute atomic E-state index is 0.114. The summed E-state index contributed by atoms with van der Waals surface area (Å²) in [7, 11) is 0. The lowest BCUT2D eigenvalue weighted by Crippen LogP contribution is -2.36. The molecule has 0 bridgehead atoms. The Hall–Kier alpha value is -3.69. The molecule has 0 N–H and O–H groups in total. The zero-order chi connectivity index (χ0) is 23.8. The number of carbonyl (C=O) groups excluding carboxylic acids is 1. The summed E-state index contributed by atoms with van der Waals surface area (Å²) in [4.78, 5) is 21.3. The van der Waals surface area contributed by atoms with Crippen LogP contribution in [0.5, 0.6) is 0 Å². The largest absolute Gasteiger partial charge is 0.378 e. The van der Waals surface area contributed by atoms with Crippen LogP contribution in [0.3, 0.4) is 0 Å². The number of tetrazole rings is 1. The van der Waals surface area contributed by atoms with Gasteiger partial charge < -0.3 is 9.64 Å². The average Bonchev–Trinajstić information content (AvgIpc) is 3.42. The highest BCUT2D eigenvalue weighted by Crippen LogP contribution is 2.48. The Morgan fingerprint density at radius 3 is 2.20 bits per heavy atom. The Bertz CT molecular complexity index is 1320. The van der Waals surface area contributed by atoms with E-state index >= 15 is 0 Å². The smallest absolute Gasteiger partial charge is 0.258 e. The van der Waals surface area contributed by atoms with Crippen molar-refractivity contribution in [1.82, 2.24) is 20.2 Å². The Labute approximate surface area is 207 Å². The van der Waals surface area contributed by atoms with Crippen LogP contribution >= 0.6 is 11.8 Å². The van der Waals surface area contributed by atoms with Gasteiger partial charge in [0, 0.05) is 34.1 Å². The van der Waals surface area contributed by atoms with E-state index < -0.39 is 6.04 Å². The van der Waals surface area contributed by atoms with Gasteiger partial charge in [-0.25, -0.2) is 0 Å². The van der Waals surface area contributed by atoms with E-state index in [1.165, 1.54) is 4.80 Å². The number of carbonyl (C=O) groups is 1. The molecule has 8 nitrogen and oxygen atoms in total. The first kappa shape index (κ1) is 21.8. The molecule has 0 aliphatic carbocycles. The van der Waals surface area contributed by atoms with Crippen molar-refractivity contribution in [3.05, 3.63) is 72.8 Å². The number of hydrogen-bond donors (Lipinski definition) is 0. The van der Waals surface area contributed by atoms with E-state index in [2.05, 4.69) is 32.4 Å². The number of anilines is 3. The molecule has 0 saturated carbocycles. The second-order valence-corrected chi connectivity index (χ2v) is 9.55. The summed E-state index contributed by atoms with van der Waals surface area (Å²) in [6, 6.07) is 23.4. The maximum absolute atomic E-state index is 13.8. The van der Waals surface area contributed by atoms with Gasteiger partial charge in [-0.3, -0.25) is 9.69 Å². The molecule has 4 aromatic rings. The van der Waals surface area contributed by atoms with E-state index in [0.717, 1.165) is 58.7 Å². The van der Waals surface area contributed by atoms with Crippen LogP contribution in [-0.4, -0.2) is 52.4 Å². The molecule has 0 radical (unpaired) electrons. The molecule has 3 aromatic carbocycles. The van der Waals surface area contributed by atoms with Gasteiger partial charge in [-0.2, -0.15) is 4.80 Å². The number of hydrogen-bond acceptors (Lipinski definition) is 7. The number of morpholine rings is 1. The van der Waals surface area contributed by atoms with Gasteiger partial charge in [-0.15, -0.1) is 10.2 Å². The Morgan fingerprint density at radius 1 is 0.914 bits per heavy atom. The zero-order valence-corrected chi connectivity index (χ0v) is 20.1. The van der Waals surface area contributed by atoms with Gasteiger partial charge in [0.2, 0.25) is 5.82 Å². The first-order valence-electron chi connectivity index (χ1n) is 11.6. The van der Waals surface area contributed by atoms with Crippen LogP contribution in [0.25, 0.3) is 11.4 Å². The van der Waals surface area contributed by atoms with Crippen LogP contribution in [0.1, 0.15) is 13.0 Å². The molecule has 2 aliphatic rings. The molecule has 1 saturated heterocycles. The van der Waals surface area contributed by atoms with Crippen molar-refractivity contribution in [2.75, 3.05) is 36.1 Å². The molecule has 1 atom stereocenters. The van der Waals surface area contributed by atoms with Crippen molar-refractivity contribution in [3.63, 3.8) is 0 Å².